The second-order valence-electron chi connectivity index (χ2n) is 10.1. The smallest absolute Gasteiger partial charge is 0.351 e. The minimum atomic E-state index is -1.05. The van der Waals surface area contributed by atoms with E-state index >= 15 is 0 Å². The molecule has 4 aromatic rings. The maximum Gasteiger partial charge on any atom is 0.351 e. The SMILES string of the molecule is COc1ccc(C(CC(=O)c2cn(C3CC(O)C(CO)O3)c(=O)nc2N)(c2ccccc2)c2ccccc2)c(OC)c1. The van der Waals surface area contributed by atoms with Crippen LogP contribution in [0.4, 0.5) is 5.82 Å². The molecule has 0 spiro atoms. The van der Waals surface area contributed by atoms with Crippen molar-refractivity contribution in [1.82, 2.24) is 9.55 Å². The molecule has 3 atom stereocenters. The van der Waals surface area contributed by atoms with Gasteiger partial charge in [-0.05, 0) is 17.2 Å². The van der Waals surface area contributed by atoms with Gasteiger partial charge in [0, 0.05) is 30.7 Å². The van der Waals surface area contributed by atoms with Gasteiger partial charge in [-0.25, -0.2) is 4.79 Å². The highest BCUT2D eigenvalue weighted by Gasteiger charge is 2.42. The number of anilines is 1. The van der Waals surface area contributed by atoms with E-state index in [9.17, 15) is 19.8 Å². The van der Waals surface area contributed by atoms with E-state index in [0.717, 1.165) is 21.3 Å². The van der Waals surface area contributed by atoms with E-state index in [1.165, 1.54) is 6.20 Å². The molecule has 2 heterocycles. The second kappa shape index (κ2) is 12.2. The molecule has 218 valence electrons. The number of benzene rings is 3. The first-order chi connectivity index (χ1) is 20.3. The molecule has 10 nitrogen and oxygen atoms in total. The Morgan fingerprint density at radius 2 is 1.69 bits per heavy atom. The Kier molecular flexibility index (Phi) is 8.39. The Morgan fingerprint density at radius 1 is 1.05 bits per heavy atom. The molecule has 3 aromatic carbocycles. The highest BCUT2D eigenvalue weighted by molar-refractivity contribution is 6.01. The van der Waals surface area contributed by atoms with E-state index in [-0.39, 0.29) is 30.0 Å². The lowest BCUT2D eigenvalue weighted by Gasteiger charge is -2.36. The number of nitrogen functional groups attached to an aromatic ring is 1. The number of carbonyl (C=O) groups excluding carboxylic acids is 1. The average molecular weight is 572 g/mol. The van der Waals surface area contributed by atoms with Crippen LogP contribution in [0.15, 0.2) is 89.9 Å². The molecule has 3 unspecified atom stereocenters. The van der Waals surface area contributed by atoms with E-state index in [1.54, 1.807) is 20.3 Å². The van der Waals surface area contributed by atoms with Crippen LogP contribution in [0.25, 0.3) is 0 Å². The van der Waals surface area contributed by atoms with Gasteiger partial charge in [0.2, 0.25) is 0 Å². The van der Waals surface area contributed by atoms with Crippen molar-refractivity contribution in [2.45, 2.75) is 36.7 Å². The number of ether oxygens (including phenoxy) is 3. The first kappa shape index (κ1) is 29.0. The molecule has 0 amide bonds. The lowest BCUT2D eigenvalue weighted by atomic mass is 9.65. The molecule has 1 saturated heterocycles. The number of rotatable bonds is 10. The third kappa shape index (κ3) is 5.27. The summed E-state index contributed by atoms with van der Waals surface area (Å²) < 4.78 is 18.1. The average Bonchev–Trinajstić information content (AvgIpc) is 3.40. The van der Waals surface area contributed by atoms with Crippen molar-refractivity contribution in [1.29, 1.82) is 0 Å². The van der Waals surface area contributed by atoms with Crippen molar-refractivity contribution in [3.8, 4) is 11.5 Å². The Balaban J connectivity index is 1.69. The molecular formula is C32H33N3O7. The van der Waals surface area contributed by atoms with Crippen molar-refractivity contribution in [3.63, 3.8) is 0 Å². The summed E-state index contributed by atoms with van der Waals surface area (Å²) in [6, 6.07) is 24.7. The van der Waals surface area contributed by atoms with E-state index < -0.39 is 36.1 Å². The Morgan fingerprint density at radius 3 is 2.24 bits per heavy atom. The summed E-state index contributed by atoms with van der Waals surface area (Å²) in [5.74, 6) is 0.526. The molecule has 1 aliphatic heterocycles. The number of aliphatic hydroxyl groups excluding tert-OH is 2. The predicted octanol–water partition coefficient (Wildman–Crippen LogP) is 3.09. The number of aliphatic hydroxyl groups is 2. The number of hydrogen-bond acceptors (Lipinski definition) is 9. The fraction of sp³-hybridized carbons (Fsp3) is 0.281. The highest BCUT2D eigenvalue weighted by atomic mass is 16.5. The maximum absolute atomic E-state index is 14.4. The second-order valence-corrected chi connectivity index (χ2v) is 10.1. The number of aromatic nitrogens is 2. The minimum absolute atomic E-state index is 0.0313. The number of ketones is 1. The first-order valence-corrected chi connectivity index (χ1v) is 13.5. The lowest BCUT2D eigenvalue weighted by molar-refractivity contribution is -0.0459. The van der Waals surface area contributed by atoms with E-state index in [1.807, 2.05) is 72.8 Å². The fourth-order valence-electron chi connectivity index (χ4n) is 5.66. The number of carbonyl (C=O) groups is 1. The predicted molar refractivity (Wildman–Crippen MR) is 156 cm³/mol. The summed E-state index contributed by atoms with van der Waals surface area (Å²) in [4.78, 5) is 31.1. The zero-order valence-electron chi connectivity index (χ0n) is 23.3. The summed E-state index contributed by atoms with van der Waals surface area (Å²) in [7, 11) is 3.13. The topological polar surface area (TPSA) is 146 Å². The first-order valence-electron chi connectivity index (χ1n) is 13.5. The molecule has 0 aliphatic carbocycles. The van der Waals surface area contributed by atoms with E-state index in [4.69, 9.17) is 19.9 Å². The number of Topliss-reactive ketones (excluding diaryl/α,β-unsaturated/α-hetero) is 1. The van der Waals surface area contributed by atoms with Gasteiger partial charge in [0.1, 0.15) is 29.6 Å². The van der Waals surface area contributed by atoms with Crippen LogP contribution in [0.3, 0.4) is 0 Å². The van der Waals surface area contributed by atoms with Gasteiger partial charge in [-0.1, -0.05) is 66.7 Å². The Labute approximate surface area is 242 Å². The van der Waals surface area contributed by atoms with Crippen LogP contribution in [0.1, 0.15) is 46.1 Å². The van der Waals surface area contributed by atoms with Crippen LogP contribution >= 0.6 is 0 Å². The molecule has 0 bridgehead atoms. The molecule has 1 aromatic heterocycles. The summed E-state index contributed by atoms with van der Waals surface area (Å²) in [5.41, 5.74) is 6.83. The van der Waals surface area contributed by atoms with Crippen molar-refractivity contribution in [2.75, 3.05) is 26.6 Å². The third-order valence-corrected chi connectivity index (χ3v) is 7.80. The fourth-order valence-corrected chi connectivity index (χ4v) is 5.66. The summed E-state index contributed by atoms with van der Waals surface area (Å²) >= 11 is 0. The van der Waals surface area contributed by atoms with Crippen LogP contribution in [-0.2, 0) is 10.2 Å². The van der Waals surface area contributed by atoms with Crippen molar-refractivity contribution >= 4 is 11.6 Å². The van der Waals surface area contributed by atoms with Gasteiger partial charge in [-0.15, -0.1) is 0 Å². The molecule has 10 heteroatoms. The van der Waals surface area contributed by atoms with Crippen LogP contribution < -0.4 is 20.9 Å². The normalized spacial score (nSPS) is 18.5. The van der Waals surface area contributed by atoms with Gasteiger partial charge in [0.05, 0.1) is 37.9 Å². The largest absolute Gasteiger partial charge is 0.497 e. The standard InChI is InChI=1S/C32H33N3O7/c1-40-22-13-14-24(27(15-22)41-2)32(20-9-5-3-6-10-20,21-11-7-4-8-12-21)17-26(38)23-18-35(31(39)34-30(23)33)29-16-25(37)28(19-36)42-29/h3-15,18,25,28-29,36-37H,16-17,19H2,1-2H3,(H2,33,34,39). The van der Waals surface area contributed by atoms with Gasteiger partial charge in [-0.2, -0.15) is 4.98 Å². The molecule has 0 saturated carbocycles. The molecule has 42 heavy (non-hydrogen) atoms. The van der Waals surface area contributed by atoms with Gasteiger partial charge in [0.15, 0.2) is 5.78 Å². The quantitative estimate of drug-likeness (QED) is 0.193. The highest BCUT2D eigenvalue weighted by Crippen LogP contribution is 2.47. The van der Waals surface area contributed by atoms with Crippen LogP contribution in [0.5, 0.6) is 11.5 Å². The number of nitrogens with zero attached hydrogens (tertiary/aromatic N) is 2. The third-order valence-electron chi connectivity index (χ3n) is 7.80. The van der Waals surface area contributed by atoms with Gasteiger partial charge < -0.3 is 30.2 Å². The molecule has 5 rings (SSSR count). The summed E-state index contributed by atoms with van der Waals surface area (Å²) in [5, 5.41) is 19.7. The van der Waals surface area contributed by atoms with Crippen molar-refractivity contribution < 1.29 is 29.2 Å². The molecule has 1 aliphatic rings. The van der Waals surface area contributed by atoms with Crippen molar-refractivity contribution in [3.05, 3.63) is 118 Å². The lowest BCUT2D eigenvalue weighted by Crippen LogP contribution is -2.34. The minimum Gasteiger partial charge on any atom is -0.497 e. The molecule has 1 fully saturated rings. The summed E-state index contributed by atoms with van der Waals surface area (Å²) in [6.45, 7) is -0.416. The maximum atomic E-state index is 14.4. The number of hydrogen-bond donors (Lipinski definition) is 3. The van der Waals surface area contributed by atoms with E-state index in [0.29, 0.717) is 11.5 Å². The Bertz CT molecular complexity index is 1570. The van der Waals surface area contributed by atoms with Crippen LogP contribution in [0.2, 0.25) is 0 Å². The van der Waals surface area contributed by atoms with Crippen LogP contribution in [0, 0.1) is 0 Å². The molecular weight excluding hydrogens is 538 g/mol. The Hall–Kier alpha value is -4.51. The van der Waals surface area contributed by atoms with Crippen molar-refractivity contribution in [2.24, 2.45) is 0 Å². The number of methoxy groups -OCH3 is 2. The number of nitrogens with two attached hydrogens (primary N) is 1. The van der Waals surface area contributed by atoms with Gasteiger partial charge >= 0.3 is 5.69 Å². The zero-order valence-corrected chi connectivity index (χ0v) is 23.3. The zero-order chi connectivity index (χ0) is 29.9. The molecule has 0 radical (unpaired) electrons. The van der Waals surface area contributed by atoms with Crippen LogP contribution in [-0.4, -0.2) is 58.6 Å². The van der Waals surface area contributed by atoms with E-state index in [2.05, 4.69) is 4.98 Å². The van der Waals surface area contributed by atoms with Gasteiger partial charge in [0.25, 0.3) is 0 Å². The molecule has 4 N–H and O–H groups in total. The summed E-state index contributed by atoms with van der Waals surface area (Å²) in [6.07, 6.45) is -1.47. The van der Waals surface area contributed by atoms with Gasteiger partial charge in [-0.3, -0.25) is 9.36 Å². The monoisotopic (exact) mass is 571 g/mol.